The van der Waals surface area contributed by atoms with E-state index in [1.165, 1.54) is 4.90 Å². The van der Waals surface area contributed by atoms with Gasteiger partial charge in [-0.25, -0.2) is 4.79 Å². The van der Waals surface area contributed by atoms with Gasteiger partial charge in [0.15, 0.2) is 0 Å². The predicted molar refractivity (Wildman–Crippen MR) is 115 cm³/mol. The highest BCUT2D eigenvalue weighted by atomic mass is 32.2. The Morgan fingerprint density at radius 1 is 1.24 bits per heavy atom. The number of thioether (sulfide) groups is 1. The maximum absolute atomic E-state index is 12.7. The largest absolute Gasteiger partial charge is 0.339 e. The van der Waals surface area contributed by atoms with E-state index in [1.54, 1.807) is 11.8 Å². The minimum atomic E-state index is -0.0926. The van der Waals surface area contributed by atoms with Gasteiger partial charge < -0.3 is 14.7 Å². The zero-order chi connectivity index (χ0) is 20.2. The van der Waals surface area contributed by atoms with E-state index in [2.05, 4.69) is 15.5 Å². The van der Waals surface area contributed by atoms with Crippen LogP contribution >= 0.6 is 11.8 Å². The maximum Gasteiger partial charge on any atom is 0.321 e. The first-order chi connectivity index (χ1) is 14.1. The third-order valence-corrected chi connectivity index (χ3v) is 5.86. The average molecular weight is 409 g/mol. The monoisotopic (exact) mass is 408 g/mol. The molecule has 1 aliphatic rings. The second kappa shape index (κ2) is 8.69. The Hall–Kier alpha value is -2.80. The van der Waals surface area contributed by atoms with E-state index in [9.17, 15) is 4.79 Å². The van der Waals surface area contributed by atoms with Crippen LogP contribution in [0.25, 0.3) is 11.4 Å². The zero-order valence-corrected chi connectivity index (χ0v) is 17.4. The van der Waals surface area contributed by atoms with Crippen LogP contribution in [-0.4, -0.2) is 40.4 Å². The number of nitrogens with one attached hydrogen (secondary N) is 1. The van der Waals surface area contributed by atoms with Crippen molar-refractivity contribution in [3.63, 3.8) is 0 Å². The lowest BCUT2D eigenvalue weighted by molar-refractivity contribution is 0.184. The Morgan fingerprint density at radius 2 is 2.07 bits per heavy atom. The molecule has 0 spiro atoms. The number of hydrogen-bond donors (Lipinski definition) is 1. The Morgan fingerprint density at radius 3 is 2.83 bits per heavy atom. The molecule has 6 nitrogen and oxygen atoms in total. The van der Waals surface area contributed by atoms with Crippen molar-refractivity contribution in [2.45, 2.75) is 30.6 Å². The van der Waals surface area contributed by atoms with Crippen molar-refractivity contribution in [3.8, 4) is 11.4 Å². The summed E-state index contributed by atoms with van der Waals surface area (Å²) in [7, 11) is 0. The van der Waals surface area contributed by atoms with Gasteiger partial charge in [0.1, 0.15) is 0 Å². The molecular formula is C22H24N4O2S. The molecule has 1 unspecified atom stereocenters. The molecule has 1 aromatic heterocycles. The molecule has 1 saturated heterocycles. The Kier molecular flexibility index (Phi) is 5.85. The lowest BCUT2D eigenvalue weighted by Crippen LogP contribution is -2.41. The van der Waals surface area contributed by atoms with Gasteiger partial charge >= 0.3 is 6.03 Å². The molecule has 2 aromatic carbocycles. The van der Waals surface area contributed by atoms with Crippen LogP contribution in [0.4, 0.5) is 10.5 Å². The van der Waals surface area contributed by atoms with Crippen molar-refractivity contribution in [1.29, 1.82) is 0 Å². The van der Waals surface area contributed by atoms with E-state index in [1.807, 2.05) is 66.6 Å². The highest BCUT2D eigenvalue weighted by molar-refractivity contribution is 7.98. The van der Waals surface area contributed by atoms with E-state index in [-0.39, 0.29) is 11.9 Å². The molecule has 3 aromatic rings. The number of amides is 2. The SMILES string of the molecule is CSc1ccc(NC(=O)N2CCCC(c3nc(-c4cccc(C)c4)no3)C2)cc1. The third-order valence-electron chi connectivity index (χ3n) is 5.12. The molecule has 29 heavy (non-hydrogen) atoms. The van der Waals surface area contributed by atoms with Crippen molar-refractivity contribution in [1.82, 2.24) is 15.0 Å². The summed E-state index contributed by atoms with van der Waals surface area (Å²) < 4.78 is 5.55. The molecule has 2 amide bonds. The fraction of sp³-hybridized carbons (Fsp3) is 0.318. The van der Waals surface area contributed by atoms with Crippen LogP contribution in [0.3, 0.4) is 0 Å². The van der Waals surface area contributed by atoms with Crippen molar-refractivity contribution in [2.75, 3.05) is 24.7 Å². The summed E-state index contributed by atoms with van der Waals surface area (Å²) in [5, 5.41) is 7.13. The van der Waals surface area contributed by atoms with E-state index in [4.69, 9.17) is 4.52 Å². The summed E-state index contributed by atoms with van der Waals surface area (Å²) in [5.41, 5.74) is 2.90. The highest BCUT2D eigenvalue weighted by Crippen LogP contribution is 2.28. The molecule has 2 heterocycles. The normalized spacial score (nSPS) is 16.6. The van der Waals surface area contributed by atoms with Crippen molar-refractivity contribution in [2.24, 2.45) is 0 Å². The number of aryl methyl sites for hydroxylation is 1. The van der Waals surface area contributed by atoms with Gasteiger partial charge in [0.25, 0.3) is 0 Å². The predicted octanol–water partition coefficient (Wildman–Crippen LogP) is 5.18. The minimum absolute atomic E-state index is 0.0550. The summed E-state index contributed by atoms with van der Waals surface area (Å²) in [6.45, 7) is 3.34. The molecular weight excluding hydrogens is 384 g/mol. The van der Waals surface area contributed by atoms with Crippen LogP contribution in [0.15, 0.2) is 57.9 Å². The Bertz CT molecular complexity index is 986. The number of carbonyl (C=O) groups excluding carboxylic acids is 1. The quantitative estimate of drug-likeness (QED) is 0.603. The number of urea groups is 1. The van der Waals surface area contributed by atoms with Crippen LogP contribution in [0.1, 0.15) is 30.2 Å². The molecule has 150 valence electrons. The van der Waals surface area contributed by atoms with Gasteiger partial charge in [-0.3, -0.25) is 0 Å². The van der Waals surface area contributed by atoms with Crippen LogP contribution in [0.5, 0.6) is 0 Å². The third kappa shape index (κ3) is 4.62. The molecule has 0 radical (unpaired) electrons. The zero-order valence-electron chi connectivity index (χ0n) is 16.6. The number of nitrogens with zero attached hydrogens (tertiary/aromatic N) is 3. The summed E-state index contributed by atoms with van der Waals surface area (Å²) >= 11 is 1.68. The van der Waals surface area contributed by atoms with E-state index >= 15 is 0 Å². The van der Waals surface area contributed by atoms with E-state index in [0.29, 0.717) is 18.3 Å². The molecule has 1 atom stereocenters. The van der Waals surface area contributed by atoms with E-state index in [0.717, 1.165) is 36.2 Å². The number of piperidine rings is 1. The summed E-state index contributed by atoms with van der Waals surface area (Å²) in [5.74, 6) is 1.25. The molecule has 1 fully saturated rings. The molecule has 1 N–H and O–H groups in total. The van der Waals surface area contributed by atoms with Gasteiger partial charge in [-0.15, -0.1) is 11.8 Å². The summed E-state index contributed by atoms with van der Waals surface area (Å²) in [6, 6.07) is 15.8. The average Bonchev–Trinajstić information content (AvgIpc) is 3.25. The number of hydrogen-bond acceptors (Lipinski definition) is 5. The van der Waals surface area contributed by atoms with Gasteiger partial charge in [-0.1, -0.05) is 28.9 Å². The van der Waals surface area contributed by atoms with E-state index < -0.39 is 0 Å². The molecule has 0 saturated carbocycles. The molecule has 1 aliphatic heterocycles. The van der Waals surface area contributed by atoms with Gasteiger partial charge in [0.05, 0.1) is 5.92 Å². The lowest BCUT2D eigenvalue weighted by atomic mass is 9.98. The first-order valence-corrected chi connectivity index (χ1v) is 11.0. The fourth-order valence-electron chi connectivity index (χ4n) is 3.54. The number of aromatic nitrogens is 2. The van der Waals surface area contributed by atoms with Crippen molar-refractivity contribution < 1.29 is 9.32 Å². The summed E-state index contributed by atoms with van der Waals surface area (Å²) in [4.78, 5) is 20.3. The van der Waals surface area contributed by atoms with Crippen LogP contribution in [0, 0.1) is 6.92 Å². The maximum atomic E-state index is 12.7. The summed E-state index contributed by atoms with van der Waals surface area (Å²) in [6.07, 6.45) is 3.87. The second-order valence-corrected chi connectivity index (χ2v) is 8.15. The molecule has 0 bridgehead atoms. The number of anilines is 1. The number of likely N-dealkylation sites (tertiary alicyclic amines) is 1. The van der Waals surface area contributed by atoms with Crippen LogP contribution in [0.2, 0.25) is 0 Å². The smallest absolute Gasteiger partial charge is 0.321 e. The lowest BCUT2D eigenvalue weighted by Gasteiger charge is -2.31. The molecule has 0 aliphatic carbocycles. The fourth-order valence-corrected chi connectivity index (χ4v) is 3.95. The molecule has 4 rings (SSSR count). The van der Waals surface area contributed by atoms with Crippen LogP contribution < -0.4 is 5.32 Å². The van der Waals surface area contributed by atoms with Crippen LogP contribution in [-0.2, 0) is 0 Å². The number of carbonyl (C=O) groups is 1. The second-order valence-electron chi connectivity index (χ2n) is 7.27. The number of benzene rings is 2. The van der Waals surface area contributed by atoms with Crippen molar-refractivity contribution in [3.05, 3.63) is 60.0 Å². The highest BCUT2D eigenvalue weighted by Gasteiger charge is 2.28. The first-order valence-electron chi connectivity index (χ1n) is 9.73. The first kappa shape index (κ1) is 19.5. The van der Waals surface area contributed by atoms with Crippen molar-refractivity contribution >= 4 is 23.5 Å². The molecule has 7 heteroatoms. The number of rotatable bonds is 4. The Balaban J connectivity index is 1.42. The van der Waals surface area contributed by atoms with Gasteiger partial charge in [0.2, 0.25) is 11.7 Å². The van der Waals surface area contributed by atoms with Gasteiger partial charge in [0, 0.05) is 29.2 Å². The van der Waals surface area contributed by atoms with Gasteiger partial charge in [-0.05, 0) is 56.4 Å². The standard InChI is InChI=1S/C22H24N4O2S/c1-15-5-3-6-16(13-15)20-24-21(28-25-20)17-7-4-12-26(14-17)22(27)23-18-8-10-19(29-2)11-9-18/h3,5-6,8-11,13,17H,4,7,12,14H2,1-2H3,(H,23,27). The Labute approximate surface area is 174 Å². The minimum Gasteiger partial charge on any atom is -0.339 e. The topological polar surface area (TPSA) is 71.3 Å². The van der Waals surface area contributed by atoms with Gasteiger partial charge in [-0.2, -0.15) is 4.98 Å².